The maximum atomic E-state index is 13.4. The molecule has 0 radical (unpaired) electrons. The van der Waals surface area contributed by atoms with Crippen LogP contribution in [0.25, 0.3) is 11.1 Å². The molecule has 2 saturated heterocycles. The van der Waals surface area contributed by atoms with Gasteiger partial charge in [0.25, 0.3) is 0 Å². The van der Waals surface area contributed by atoms with Crippen molar-refractivity contribution in [2.45, 2.75) is 35.7 Å². The van der Waals surface area contributed by atoms with E-state index in [0.717, 1.165) is 36.1 Å². The molecule has 6 nitrogen and oxygen atoms in total. The smallest absolute Gasteiger partial charge is 0.243 e. The largest absolute Gasteiger partial charge is 0.395 e. The Morgan fingerprint density at radius 3 is 2.37 bits per heavy atom. The Morgan fingerprint density at radius 2 is 1.66 bits per heavy atom. The number of hydrogen-bond acceptors (Lipinski definition) is 5. The summed E-state index contributed by atoms with van der Waals surface area (Å²) in [4.78, 5) is 2.60. The third-order valence-corrected chi connectivity index (χ3v) is 9.21. The maximum Gasteiger partial charge on any atom is 0.243 e. The molecule has 3 aromatic carbocycles. The summed E-state index contributed by atoms with van der Waals surface area (Å²) in [5.41, 5.74) is 3.73. The van der Waals surface area contributed by atoms with Gasteiger partial charge in [-0.05, 0) is 60.3 Å². The van der Waals surface area contributed by atoms with Crippen LogP contribution in [0.15, 0.2) is 83.8 Å². The lowest BCUT2D eigenvalue weighted by Gasteiger charge is -2.57. The van der Waals surface area contributed by atoms with Gasteiger partial charge in [-0.3, -0.25) is 4.90 Å². The molecule has 2 aliphatic heterocycles. The molecule has 180 valence electrons. The van der Waals surface area contributed by atoms with Crippen molar-refractivity contribution < 1.29 is 13.5 Å². The Balaban J connectivity index is 1.42. The van der Waals surface area contributed by atoms with E-state index in [1.54, 1.807) is 34.6 Å². The normalized spacial score (nSPS) is 23.4. The minimum Gasteiger partial charge on any atom is -0.395 e. The fraction of sp³-hybridized carbons (Fsp3) is 0.321. The number of fused-ring (bicyclic) bond motifs is 1. The van der Waals surface area contributed by atoms with Crippen LogP contribution in [0.4, 0.5) is 0 Å². The fourth-order valence-electron chi connectivity index (χ4n) is 5.53. The molecule has 0 unspecified atom stereocenters. The molecule has 0 amide bonds. The van der Waals surface area contributed by atoms with Gasteiger partial charge in [-0.25, -0.2) is 8.42 Å². The molecule has 0 spiro atoms. The summed E-state index contributed by atoms with van der Waals surface area (Å²) in [6, 6.07) is 26.6. The molecule has 3 atom stereocenters. The van der Waals surface area contributed by atoms with Gasteiger partial charge in [0, 0.05) is 31.1 Å². The molecule has 0 bridgehead atoms. The highest BCUT2D eigenvalue weighted by Crippen LogP contribution is 2.43. The second kappa shape index (κ2) is 9.92. The first kappa shape index (κ1) is 23.7. The van der Waals surface area contributed by atoms with E-state index in [-0.39, 0.29) is 24.6 Å². The van der Waals surface area contributed by atoms with Crippen molar-refractivity contribution in [3.05, 3.63) is 90.0 Å². The highest BCUT2D eigenvalue weighted by atomic mass is 32.2. The van der Waals surface area contributed by atoms with E-state index >= 15 is 0 Å². The van der Waals surface area contributed by atoms with E-state index in [0.29, 0.717) is 23.5 Å². The first-order valence-corrected chi connectivity index (χ1v) is 13.5. The Hall–Kier alpha value is -3.02. The van der Waals surface area contributed by atoms with E-state index in [1.165, 1.54) is 0 Å². The van der Waals surface area contributed by atoms with E-state index in [4.69, 9.17) is 0 Å². The summed E-state index contributed by atoms with van der Waals surface area (Å²) in [6.45, 7) is 1.82. The number of aliphatic hydroxyl groups excluding tert-OH is 1. The Bertz CT molecular complexity index is 1320. The first-order valence-electron chi connectivity index (χ1n) is 12.1. The molecule has 0 saturated carbocycles. The summed E-state index contributed by atoms with van der Waals surface area (Å²) in [6.07, 6.45) is 1.70. The molecule has 5 rings (SSSR count). The summed E-state index contributed by atoms with van der Waals surface area (Å²) in [7, 11) is -3.59. The van der Waals surface area contributed by atoms with Gasteiger partial charge in [-0.15, -0.1) is 0 Å². The van der Waals surface area contributed by atoms with Gasteiger partial charge in [-0.2, -0.15) is 9.57 Å². The second-order valence-corrected chi connectivity index (χ2v) is 11.2. The lowest BCUT2D eigenvalue weighted by Crippen LogP contribution is -2.67. The predicted molar refractivity (Wildman–Crippen MR) is 135 cm³/mol. The maximum absolute atomic E-state index is 13.4. The number of benzene rings is 3. The molecule has 2 aliphatic rings. The standard InChI is InChI=1S/C28H29N3O3S/c29-18-21-7-6-8-24(17-21)22-11-13-23(14-12-22)28-26-19-30(15-4-5-16-31(26)27(28)20-32)35(33,34)25-9-2-1-3-10-25/h1-3,6-14,17,26-28,32H,4-5,15-16,19-20H2/t26-,27+,28-/m0/s1. The van der Waals surface area contributed by atoms with E-state index < -0.39 is 10.0 Å². The quantitative estimate of drug-likeness (QED) is 0.591. The lowest BCUT2D eigenvalue weighted by atomic mass is 9.74. The molecule has 7 heteroatoms. The molecule has 35 heavy (non-hydrogen) atoms. The van der Waals surface area contributed by atoms with Crippen molar-refractivity contribution in [3.8, 4) is 17.2 Å². The Kier molecular flexibility index (Phi) is 6.72. The van der Waals surface area contributed by atoms with Crippen molar-refractivity contribution in [2.24, 2.45) is 0 Å². The minimum atomic E-state index is -3.59. The predicted octanol–water partition coefficient (Wildman–Crippen LogP) is 3.84. The second-order valence-electron chi connectivity index (χ2n) is 9.28. The van der Waals surface area contributed by atoms with Gasteiger partial charge < -0.3 is 5.11 Å². The zero-order valence-corrected chi connectivity index (χ0v) is 20.3. The SMILES string of the molecule is N#Cc1cccc(-c2ccc([C@@H]3[C@@H](CO)N4CCCCN(S(=O)(=O)c5ccccc5)C[C@@H]34)cc2)c1. The van der Waals surface area contributed by atoms with E-state index in [2.05, 4.69) is 23.1 Å². The average molecular weight is 488 g/mol. The number of aliphatic hydroxyl groups is 1. The third-order valence-electron chi connectivity index (χ3n) is 7.33. The average Bonchev–Trinajstić information content (AvgIpc) is 2.88. The van der Waals surface area contributed by atoms with Crippen LogP contribution in [-0.4, -0.2) is 61.1 Å². The molecule has 3 aromatic rings. The summed E-state index contributed by atoms with van der Waals surface area (Å²) < 4.78 is 28.4. The van der Waals surface area contributed by atoms with Crippen molar-refractivity contribution in [3.63, 3.8) is 0 Å². The van der Waals surface area contributed by atoms with Gasteiger partial charge >= 0.3 is 0 Å². The summed E-state index contributed by atoms with van der Waals surface area (Å²) in [5.74, 6) is 0.0473. The van der Waals surface area contributed by atoms with Gasteiger partial charge in [0.15, 0.2) is 0 Å². The van der Waals surface area contributed by atoms with E-state index in [9.17, 15) is 18.8 Å². The molecule has 2 heterocycles. The summed E-state index contributed by atoms with van der Waals surface area (Å²) in [5, 5.41) is 19.4. The minimum absolute atomic E-state index is 0.0127. The number of sulfonamides is 1. The highest BCUT2D eigenvalue weighted by Gasteiger charge is 2.50. The third kappa shape index (κ3) is 4.51. The van der Waals surface area contributed by atoms with Crippen molar-refractivity contribution in [2.75, 3.05) is 26.2 Å². The van der Waals surface area contributed by atoms with Gasteiger partial charge in [0.05, 0.1) is 23.1 Å². The van der Waals surface area contributed by atoms with Crippen LogP contribution in [0, 0.1) is 11.3 Å². The topological polar surface area (TPSA) is 84.6 Å². The van der Waals surface area contributed by atoms with Crippen LogP contribution < -0.4 is 0 Å². The first-order chi connectivity index (χ1) is 17.0. The monoisotopic (exact) mass is 487 g/mol. The van der Waals surface area contributed by atoms with Crippen molar-refractivity contribution in [1.82, 2.24) is 9.21 Å². The summed E-state index contributed by atoms with van der Waals surface area (Å²) >= 11 is 0. The van der Waals surface area contributed by atoms with Gasteiger partial charge in [-0.1, -0.05) is 54.6 Å². The zero-order valence-electron chi connectivity index (χ0n) is 19.5. The van der Waals surface area contributed by atoms with Crippen molar-refractivity contribution in [1.29, 1.82) is 5.26 Å². The number of nitrogens with zero attached hydrogens (tertiary/aromatic N) is 3. The molecular formula is C28H29N3O3S. The van der Waals surface area contributed by atoms with Crippen LogP contribution in [-0.2, 0) is 10.0 Å². The number of rotatable bonds is 5. The Labute approximate surface area is 207 Å². The molecule has 0 aromatic heterocycles. The number of hydrogen-bond donors (Lipinski definition) is 1. The van der Waals surface area contributed by atoms with Crippen LogP contribution in [0.1, 0.15) is 29.9 Å². The zero-order chi connectivity index (χ0) is 24.4. The van der Waals surface area contributed by atoms with Gasteiger partial charge in [0.2, 0.25) is 10.0 Å². The fourth-order valence-corrected chi connectivity index (χ4v) is 7.05. The molecule has 1 N–H and O–H groups in total. The molecular weight excluding hydrogens is 458 g/mol. The lowest BCUT2D eigenvalue weighted by molar-refractivity contribution is -0.0553. The van der Waals surface area contributed by atoms with Gasteiger partial charge in [0.1, 0.15) is 0 Å². The Morgan fingerprint density at radius 1 is 0.914 bits per heavy atom. The highest BCUT2D eigenvalue weighted by molar-refractivity contribution is 7.89. The molecule has 0 aliphatic carbocycles. The van der Waals surface area contributed by atoms with Crippen LogP contribution >= 0.6 is 0 Å². The van der Waals surface area contributed by atoms with Crippen molar-refractivity contribution >= 4 is 10.0 Å². The van der Waals surface area contributed by atoms with Crippen LogP contribution in [0.3, 0.4) is 0 Å². The van der Waals surface area contributed by atoms with Crippen LogP contribution in [0.2, 0.25) is 0 Å². The molecule has 2 fully saturated rings. The van der Waals surface area contributed by atoms with Crippen LogP contribution in [0.5, 0.6) is 0 Å². The number of nitriles is 1. The van der Waals surface area contributed by atoms with E-state index in [1.807, 2.05) is 36.4 Å².